The molecule has 0 aliphatic carbocycles. The van der Waals surface area contributed by atoms with Crippen molar-refractivity contribution in [3.8, 4) is 0 Å². The fourth-order valence-corrected chi connectivity index (χ4v) is 3.30. The summed E-state index contributed by atoms with van der Waals surface area (Å²) < 4.78 is 5.30. The number of Topliss-reactive ketones (excluding diaryl/α,β-unsaturated/α-hetero) is 2. The number of hydrogen-bond donors (Lipinski definition) is 2. The maximum atomic E-state index is 13.0. The van der Waals surface area contributed by atoms with Gasteiger partial charge >= 0.3 is 11.9 Å². The van der Waals surface area contributed by atoms with Gasteiger partial charge in [0, 0.05) is 12.3 Å². The highest BCUT2D eigenvalue weighted by molar-refractivity contribution is 6.37. The van der Waals surface area contributed by atoms with Gasteiger partial charge in [-0.05, 0) is 23.7 Å². The Hall–Kier alpha value is -2.29. The average Bonchev–Trinajstić information content (AvgIpc) is 2.83. The minimum absolute atomic E-state index is 0.0861. The van der Waals surface area contributed by atoms with Gasteiger partial charge in [-0.25, -0.2) is 5.48 Å². The molecule has 32 heavy (non-hydrogen) atoms. The smallest absolute Gasteiger partial charge is 0.311 e. The fourth-order valence-electron chi connectivity index (χ4n) is 3.30. The predicted octanol–water partition coefficient (Wildman–Crippen LogP) is 1.97. The first-order chi connectivity index (χ1) is 14.7. The molecule has 0 aromatic carbocycles. The van der Waals surface area contributed by atoms with Crippen LogP contribution in [0, 0.1) is 29.1 Å². The third-order valence-corrected chi connectivity index (χ3v) is 5.28. The van der Waals surface area contributed by atoms with Crippen molar-refractivity contribution in [2.75, 3.05) is 13.2 Å². The molecule has 0 spiro atoms. The quantitative estimate of drug-likeness (QED) is 0.381. The van der Waals surface area contributed by atoms with Crippen LogP contribution in [-0.4, -0.2) is 48.6 Å². The SMILES string of the molecule is CC(C)C(CC(=O)OCC(C)(C)C)C(=O)NC(C(=O)CC1CCONC(=O)C1=O)C(C)C. The highest BCUT2D eigenvalue weighted by Gasteiger charge is 2.35. The van der Waals surface area contributed by atoms with E-state index in [1.54, 1.807) is 13.8 Å². The lowest BCUT2D eigenvalue weighted by atomic mass is 9.87. The fraction of sp³-hybridized carbons (Fsp3) is 0.783. The maximum Gasteiger partial charge on any atom is 0.311 e. The molecule has 0 aromatic rings. The third kappa shape index (κ3) is 9.06. The summed E-state index contributed by atoms with van der Waals surface area (Å²) >= 11 is 0. The number of amides is 2. The molecular weight excluding hydrogens is 416 g/mol. The van der Waals surface area contributed by atoms with Crippen molar-refractivity contribution >= 4 is 29.4 Å². The Labute approximate surface area is 190 Å². The summed E-state index contributed by atoms with van der Waals surface area (Å²) in [5.74, 6) is -4.62. The lowest BCUT2D eigenvalue weighted by molar-refractivity contribution is -0.150. The van der Waals surface area contributed by atoms with E-state index in [0.717, 1.165) is 0 Å². The number of ether oxygens (including phenoxy) is 1. The second kappa shape index (κ2) is 12.1. The van der Waals surface area contributed by atoms with Gasteiger partial charge in [0.2, 0.25) is 11.7 Å². The van der Waals surface area contributed by atoms with E-state index in [0.29, 0.717) is 0 Å². The molecule has 3 unspecified atom stereocenters. The number of ketones is 2. The number of hydroxylamine groups is 1. The van der Waals surface area contributed by atoms with Crippen LogP contribution in [0.1, 0.15) is 67.7 Å². The lowest BCUT2D eigenvalue weighted by Crippen LogP contribution is -2.48. The molecule has 0 saturated carbocycles. The van der Waals surface area contributed by atoms with E-state index in [-0.39, 0.29) is 55.5 Å². The predicted molar refractivity (Wildman–Crippen MR) is 117 cm³/mol. The Kier molecular flexibility index (Phi) is 10.5. The zero-order chi connectivity index (χ0) is 24.6. The maximum absolute atomic E-state index is 13.0. The van der Waals surface area contributed by atoms with E-state index < -0.39 is 41.4 Å². The largest absolute Gasteiger partial charge is 0.465 e. The molecule has 1 saturated heterocycles. The Morgan fingerprint density at radius 1 is 1.12 bits per heavy atom. The molecule has 1 aliphatic heterocycles. The topological polar surface area (TPSA) is 128 Å². The second-order valence-electron chi connectivity index (χ2n) is 10.3. The van der Waals surface area contributed by atoms with Gasteiger partial charge < -0.3 is 10.1 Å². The molecule has 3 atom stereocenters. The Bertz CT molecular complexity index is 710. The van der Waals surface area contributed by atoms with Crippen molar-refractivity contribution in [1.29, 1.82) is 0 Å². The van der Waals surface area contributed by atoms with E-state index in [2.05, 4.69) is 5.32 Å². The molecule has 2 N–H and O–H groups in total. The molecule has 9 nitrogen and oxygen atoms in total. The summed E-state index contributed by atoms with van der Waals surface area (Å²) in [6.07, 6.45) is -0.0216. The van der Waals surface area contributed by atoms with Crippen LogP contribution in [0.15, 0.2) is 0 Å². The van der Waals surface area contributed by atoms with E-state index >= 15 is 0 Å². The summed E-state index contributed by atoms with van der Waals surface area (Å²) in [7, 11) is 0. The van der Waals surface area contributed by atoms with Gasteiger partial charge in [-0.15, -0.1) is 0 Å². The zero-order valence-electron chi connectivity index (χ0n) is 20.3. The standard InChI is InChI=1S/C23H38N2O7/c1-13(2)16(11-18(27)31-12-23(5,6)7)21(29)24-19(14(3)4)17(26)10-15-8-9-32-25-22(30)20(15)28/h13-16,19H,8-12H2,1-7H3,(H,24,29)(H,25,30). The van der Waals surface area contributed by atoms with Crippen LogP contribution in [0.2, 0.25) is 0 Å². The van der Waals surface area contributed by atoms with Gasteiger partial charge in [-0.1, -0.05) is 48.5 Å². The van der Waals surface area contributed by atoms with Gasteiger partial charge in [0.1, 0.15) is 0 Å². The molecule has 0 bridgehead atoms. The van der Waals surface area contributed by atoms with Gasteiger partial charge in [-0.3, -0.25) is 28.8 Å². The molecular formula is C23H38N2O7. The Balaban J connectivity index is 2.83. The summed E-state index contributed by atoms with van der Waals surface area (Å²) in [4.78, 5) is 66.9. The van der Waals surface area contributed by atoms with Crippen molar-refractivity contribution < 1.29 is 33.5 Å². The molecule has 2 amide bonds. The van der Waals surface area contributed by atoms with E-state index in [1.807, 2.05) is 40.1 Å². The van der Waals surface area contributed by atoms with Crippen molar-refractivity contribution in [2.24, 2.45) is 29.1 Å². The molecule has 182 valence electrons. The minimum atomic E-state index is -0.876. The average molecular weight is 455 g/mol. The van der Waals surface area contributed by atoms with Crippen molar-refractivity contribution in [3.63, 3.8) is 0 Å². The second-order valence-corrected chi connectivity index (χ2v) is 10.3. The van der Waals surface area contributed by atoms with Gasteiger partial charge in [0.25, 0.3) is 0 Å². The number of hydrogen-bond acceptors (Lipinski definition) is 7. The van der Waals surface area contributed by atoms with Crippen LogP contribution >= 0.6 is 0 Å². The summed E-state index contributed by atoms with van der Waals surface area (Å²) in [5, 5.41) is 2.77. The first-order valence-corrected chi connectivity index (χ1v) is 11.2. The summed E-state index contributed by atoms with van der Waals surface area (Å²) in [5.41, 5.74) is 1.85. The van der Waals surface area contributed by atoms with Gasteiger partial charge in [0.15, 0.2) is 5.78 Å². The molecule has 1 aliphatic rings. The van der Waals surface area contributed by atoms with Crippen molar-refractivity contribution in [1.82, 2.24) is 10.8 Å². The van der Waals surface area contributed by atoms with Crippen molar-refractivity contribution in [2.45, 2.75) is 73.8 Å². The highest BCUT2D eigenvalue weighted by atomic mass is 16.7. The third-order valence-electron chi connectivity index (χ3n) is 5.28. The Morgan fingerprint density at radius 3 is 2.28 bits per heavy atom. The van der Waals surface area contributed by atoms with Crippen LogP contribution in [0.4, 0.5) is 0 Å². The lowest BCUT2D eigenvalue weighted by Gasteiger charge is -2.27. The van der Waals surface area contributed by atoms with Crippen LogP contribution in [0.3, 0.4) is 0 Å². The van der Waals surface area contributed by atoms with Crippen LogP contribution < -0.4 is 10.8 Å². The van der Waals surface area contributed by atoms with Crippen LogP contribution in [0.5, 0.6) is 0 Å². The number of rotatable bonds is 10. The van der Waals surface area contributed by atoms with Gasteiger partial charge in [0.05, 0.1) is 31.6 Å². The highest BCUT2D eigenvalue weighted by Crippen LogP contribution is 2.21. The van der Waals surface area contributed by atoms with E-state index in [9.17, 15) is 24.0 Å². The van der Waals surface area contributed by atoms with Crippen molar-refractivity contribution in [3.05, 3.63) is 0 Å². The molecule has 1 heterocycles. The summed E-state index contributed by atoms with van der Waals surface area (Å²) in [6, 6.07) is -0.839. The summed E-state index contributed by atoms with van der Waals surface area (Å²) in [6.45, 7) is 13.4. The zero-order valence-corrected chi connectivity index (χ0v) is 20.3. The molecule has 1 rings (SSSR count). The number of nitrogens with one attached hydrogen (secondary N) is 2. The normalized spacial score (nSPS) is 19.2. The molecule has 9 heteroatoms. The van der Waals surface area contributed by atoms with Crippen LogP contribution in [0.25, 0.3) is 0 Å². The number of esters is 1. The van der Waals surface area contributed by atoms with E-state index in [4.69, 9.17) is 9.57 Å². The minimum Gasteiger partial charge on any atom is -0.465 e. The molecule has 0 aromatic heterocycles. The molecule has 0 radical (unpaired) electrons. The number of carbonyl (C=O) groups excluding carboxylic acids is 5. The monoisotopic (exact) mass is 454 g/mol. The van der Waals surface area contributed by atoms with Crippen LogP contribution in [-0.2, 0) is 33.5 Å². The Morgan fingerprint density at radius 2 is 1.75 bits per heavy atom. The van der Waals surface area contributed by atoms with E-state index in [1.165, 1.54) is 0 Å². The van der Waals surface area contributed by atoms with Gasteiger partial charge in [-0.2, -0.15) is 0 Å². The number of carbonyl (C=O) groups is 5. The first-order valence-electron chi connectivity index (χ1n) is 11.2. The molecule has 1 fully saturated rings. The first kappa shape index (κ1) is 27.7.